The first kappa shape index (κ1) is 12.2. The van der Waals surface area contributed by atoms with Crippen molar-refractivity contribution in [1.29, 1.82) is 0 Å². The van der Waals surface area contributed by atoms with Crippen LogP contribution in [0, 0.1) is 0 Å². The SMILES string of the molecule is CCNCc1cnc(-n2cc(C(N)=O)cn2)nc1. The number of amides is 1. The molecular weight excluding hydrogens is 232 g/mol. The van der Waals surface area contributed by atoms with Crippen LogP contribution in [-0.4, -0.2) is 32.2 Å². The number of nitrogens with one attached hydrogen (secondary N) is 1. The van der Waals surface area contributed by atoms with Gasteiger partial charge in [-0.1, -0.05) is 6.92 Å². The van der Waals surface area contributed by atoms with Crippen molar-refractivity contribution in [2.75, 3.05) is 6.54 Å². The molecule has 7 nitrogen and oxygen atoms in total. The Morgan fingerprint density at radius 1 is 1.39 bits per heavy atom. The van der Waals surface area contributed by atoms with Crippen LogP contribution in [-0.2, 0) is 6.54 Å². The van der Waals surface area contributed by atoms with Crippen molar-refractivity contribution in [3.8, 4) is 5.95 Å². The minimum atomic E-state index is -0.523. The highest BCUT2D eigenvalue weighted by Crippen LogP contribution is 2.03. The molecule has 0 fully saturated rings. The van der Waals surface area contributed by atoms with Crippen molar-refractivity contribution >= 4 is 5.91 Å². The van der Waals surface area contributed by atoms with Crippen LogP contribution in [0.4, 0.5) is 0 Å². The van der Waals surface area contributed by atoms with Crippen molar-refractivity contribution in [3.63, 3.8) is 0 Å². The van der Waals surface area contributed by atoms with Gasteiger partial charge in [-0.05, 0) is 6.54 Å². The molecule has 94 valence electrons. The Labute approximate surface area is 104 Å². The van der Waals surface area contributed by atoms with Gasteiger partial charge in [0, 0.05) is 30.7 Å². The van der Waals surface area contributed by atoms with Crippen molar-refractivity contribution < 1.29 is 4.79 Å². The molecule has 0 saturated carbocycles. The maximum atomic E-state index is 10.9. The van der Waals surface area contributed by atoms with Crippen molar-refractivity contribution in [2.45, 2.75) is 13.5 Å². The van der Waals surface area contributed by atoms with E-state index in [4.69, 9.17) is 5.73 Å². The van der Waals surface area contributed by atoms with Gasteiger partial charge in [0.25, 0.3) is 5.91 Å². The second-order valence-corrected chi connectivity index (χ2v) is 3.71. The lowest BCUT2D eigenvalue weighted by molar-refractivity contribution is 0.100. The zero-order chi connectivity index (χ0) is 13.0. The van der Waals surface area contributed by atoms with Crippen LogP contribution >= 0.6 is 0 Å². The predicted molar refractivity (Wildman–Crippen MR) is 65.1 cm³/mol. The molecule has 0 atom stereocenters. The Balaban J connectivity index is 2.15. The number of nitrogens with zero attached hydrogens (tertiary/aromatic N) is 4. The number of hydrogen-bond donors (Lipinski definition) is 2. The van der Waals surface area contributed by atoms with E-state index in [0.717, 1.165) is 18.7 Å². The molecule has 0 spiro atoms. The average molecular weight is 246 g/mol. The van der Waals surface area contributed by atoms with Gasteiger partial charge in [0.1, 0.15) is 0 Å². The minimum Gasteiger partial charge on any atom is -0.366 e. The van der Waals surface area contributed by atoms with Crippen LogP contribution in [0.25, 0.3) is 5.95 Å². The third-order valence-corrected chi connectivity index (χ3v) is 2.34. The Hall–Kier alpha value is -2.28. The molecule has 2 aromatic rings. The first-order valence-electron chi connectivity index (χ1n) is 5.57. The summed E-state index contributed by atoms with van der Waals surface area (Å²) in [6.45, 7) is 3.65. The fraction of sp³-hybridized carbons (Fsp3) is 0.273. The maximum Gasteiger partial charge on any atom is 0.251 e. The summed E-state index contributed by atoms with van der Waals surface area (Å²) in [6.07, 6.45) is 6.33. The molecule has 0 bridgehead atoms. The molecule has 2 heterocycles. The van der Waals surface area contributed by atoms with Gasteiger partial charge in [-0.25, -0.2) is 14.6 Å². The Morgan fingerprint density at radius 3 is 2.67 bits per heavy atom. The van der Waals surface area contributed by atoms with Gasteiger partial charge < -0.3 is 11.1 Å². The molecule has 0 aliphatic carbocycles. The predicted octanol–water partition coefficient (Wildman–Crippen LogP) is -0.129. The van der Waals surface area contributed by atoms with E-state index in [1.54, 1.807) is 12.4 Å². The van der Waals surface area contributed by atoms with E-state index in [1.807, 2.05) is 6.92 Å². The van der Waals surface area contributed by atoms with E-state index >= 15 is 0 Å². The minimum absolute atomic E-state index is 0.329. The third kappa shape index (κ3) is 2.69. The normalized spacial score (nSPS) is 10.5. The average Bonchev–Trinajstić information content (AvgIpc) is 2.87. The first-order valence-corrected chi connectivity index (χ1v) is 5.57. The van der Waals surface area contributed by atoms with E-state index < -0.39 is 5.91 Å². The molecule has 3 N–H and O–H groups in total. The van der Waals surface area contributed by atoms with Crippen molar-refractivity contribution in [3.05, 3.63) is 35.9 Å². The fourth-order valence-electron chi connectivity index (χ4n) is 1.39. The van der Waals surface area contributed by atoms with Crippen LogP contribution in [0.3, 0.4) is 0 Å². The standard InChI is InChI=1S/C11H14N6O/c1-2-13-3-8-4-14-11(15-5-8)17-7-9(6-16-17)10(12)18/h4-7,13H,2-3H2,1H3,(H2,12,18). The van der Waals surface area contributed by atoms with Crippen LogP contribution in [0.1, 0.15) is 22.8 Å². The van der Waals surface area contributed by atoms with E-state index in [9.17, 15) is 4.79 Å². The highest BCUT2D eigenvalue weighted by Gasteiger charge is 2.07. The number of carbonyl (C=O) groups is 1. The van der Waals surface area contributed by atoms with E-state index in [-0.39, 0.29) is 0 Å². The summed E-state index contributed by atoms with van der Waals surface area (Å²) in [5, 5.41) is 7.15. The molecule has 2 rings (SSSR count). The van der Waals surface area contributed by atoms with Crippen LogP contribution in [0.15, 0.2) is 24.8 Å². The number of nitrogens with two attached hydrogens (primary N) is 1. The molecular formula is C11H14N6O. The van der Waals surface area contributed by atoms with Crippen molar-refractivity contribution in [2.24, 2.45) is 5.73 Å². The lowest BCUT2D eigenvalue weighted by atomic mass is 10.3. The van der Waals surface area contributed by atoms with Gasteiger partial charge in [0.15, 0.2) is 0 Å². The second-order valence-electron chi connectivity index (χ2n) is 3.71. The monoisotopic (exact) mass is 246 g/mol. The van der Waals surface area contributed by atoms with Crippen molar-refractivity contribution in [1.82, 2.24) is 25.1 Å². The van der Waals surface area contributed by atoms with Crippen LogP contribution < -0.4 is 11.1 Å². The highest BCUT2D eigenvalue weighted by molar-refractivity contribution is 5.92. The summed E-state index contributed by atoms with van der Waals surface area (Å²) in [4.78, 5) is 19.3. The lowest BCUT2D eigenvalue weighted by Gasteiger charge is -2.02. The fourth-order valence-corrected chi connectivity index (χ4v) is 1.39. The van der Waals surface area contributed by atoms with E-state index in [0.29, 0.717) is 11.5 Å². The van der Waals surface area contributed by atoms with Gasteiger partial charge >= 0.3 is 0 Å². The second kappa shape index (κ2) is 5.37. The molecule has 1 amide bonds. The summed E-state index contributed by atoms with van der Waals surface area (Å²) in [7, 11) is 0. The molecule has 0 saturated heterocycles. The Morgan fingerprint density at radius 2 is 2.11 bits per heavy atom. The summed E-state index contributed by atoms with van der Waals surface area (Å²) in [6, 6.07) is 0. The molecule has 2 aromatic heterocycles. The molecule has 0 unspecified atom stereocenters. The van der Waals surface area contributed by atoms with Gasteiger partial charge in [0.2, 0.25) is 5.95 Å². The number of aromatic nitrogens is 4. The zero-order valence-corrected chi connectivity index (χ0v) is 10.00. The maximum absolute atomic E-state index is 10.9. The molecule has 7 heteroatoms. The van der Waals surface area contributed by atoms with Crippen LogP contribution in [0.5, 0.6) is 0 Å². The zero-order valence-electron chi connectivity index (χ0n) is 10.00. The number of primary amides is 1. The Kier molecular flexibility index (Phi) is 3.63. The number of hydrogen-bond acceptors (Lipinski definition) is 5. The number of carbonyl (C=O) groups excluding carboxylic acids is 1. The molecule has 0 aromatic carbocycles. The summed E-state index contributed by atoms with van der Waals surface area (Å²) in [5.41, 5.74) is 6.46. The first-order chi connectivity index (χ1) is 8.70. The topological polar surface area (TPSA) is 98.7 Å². The highest BCUT2D eigenvalue weighted by atomic mass is 16.1. The summed E-state index contributed by atoms with van der Waals surface area (Å²) >= 11 is 0. The van der Waals surface area contributed by atoms with E-state index in [2.05, 4.69) is 20.4 Å². The molecule has 0 aliphatic heterocycles. The van der Waals surface area contributed by atoms with Crippen LogP contribution in [0.2, 0.25) is 0 Å². The third-order valence-electron chi connectivity index (χ3n) is 2.34. The van der Waals surface area contributed by atoms with Gasteiger partial charge in [-0.15, -0.1) is 0 Å². The van der Waals surface area contributed by atoms with E-state index in [1.165, 1.54) is 17.1 Å². The summed E-state index contributed by atoms with van der Waals surface area (Å²) < 4.78 is 1.41. The van der Waals surface area contributed by atoms with Gasteiger partial charge in [-0.2, -0.15) is 5.10 Å². The Bertz CT molecular complexity index is 533. The molecule has 0 aliphatic rings. The smallest absolute Gasteiger partial charge is 0.251 e. The van der Waals surface area contributed by atoms with Gasteiger partial charge in [0.05, 0.1) is 11.8 Å². The largest absolute Gasteiger partial charge is 0.366 e. The number of rotatable bonds is 5. The van der Waals surface area contributed by atoms with Gasteiger partial charge in [-0.3, -0.25) is 4.79 Å². The quantitative estimate of drug-likeness (QED) is 0.765. The molecule has 18 heavy (non-hydrogen) atoms. The lowest BCUT2D eigenvalue weighted by Crippen LogP contribution is -2.13. The summed E-state index contributed by atoms with van der Waals surface area (Å²) in [5.74, 6) is -0.118. The molecule has 0 radical (unpaired) electrons.